The van der Waals surface area contributed by atoms with Crippen LogP contribution >= 0.6 is 0 Å². The van der Waals surface area contributed by atoms with Crippen molar-refractivity contribution in [1.82, 2.24) is 4.98 Å². The largest absolute Gasteiger partial charge is 0.488 e. The monoisotopic (exact) mass is 328 g/mol. The van der Waals surface area contributed by atoms with Gasteiger partial charge in [-0.2, -0.15) is 12.8 Å². The van der Waals surface area contributed by atoms with Gasteiger partial charge < -0.3 is 9.50 Å². The topological polar surface area (TPSA) is 85.4 Å². The highest BCUT2D eigenvalue weighted by atomic mass is 32.3. The van der Waals surface area contributed by atoms with Crippen molar-refractivity contribution in [2.45, 2.75) is 6.92 Å². The maximum atomic E-state index is 13.1. The summed E-state index contributed by atoms with van der Waals surface area (Å²) in [4.78, 5) is 15.4. The average Bonchev–Trinajstić information content (AvgIpc) is 2.42. The molecule has 0 fully saturated rings. The molecule has 1 amide bonds. The van der Waals surface area contributed by atoms with Crippen LogP contribution in [-0.2, 0) is 10.5 Å². The molecule has 0 saturated heterocycles. The van der Waals surface area contributed by atoms with Crippen molar-refractivity contribution in [3.63, 3.8) is 0 Å². The Hall–Kier alpha value is -2.55. The zero-order valence-electron chi connectivity index (χ0n) is 11.2. The van der Waals surface area contributed by atoms with E-state index < -0.39 is 22.4 Å². The Labute approximate surface area is 125 Å². The van der Waals surface area contributed by atoms with Gasteiger partial charge in [-0.25, -0.2) is 4.98 Å². The van der Waals surface area contributed by atoms with E-state index in [1.54, 1.807) is 6.92 Å². The summed E-state index contributed by atoms with van der Waals surface area (Å²) < 4.78 is 50.0. The van der Waals surface area contributed by atoms with E-state index in [0.717, 1.165) is 18.2 Å². The Balaban J connectivity index is 2.14. The quantitative estimate of drug-likeness (QED) is 0.688. The van der Waals surface area contributed by atoms with Crippen molar-refractivity contribution >= 4 is 22.1 Å². The van der Waals surface area contributed by atoms with E-state index in [4.69, 9.17) is 0 Å². The van der Waals surface area contributed by atoms with Crippen LogP contribution in [0.3, 0.4) is 0 Å². The zero-order chi connectivity index (χ0) is 16.3. The van der Waals surface area contributed by atoms with E-state index in [0.29, 0.717) is 11.3 Å². The molecule has 9 heteroatoms. The molecule has 0 atom stereocenters. The van der Waals surface area contributed by atoms with E-state index >= 15 is 0 Å². The number of anilines is 1. The fourth-order valence-corrected chi connectivity index (χ4v) is 1.99. The molecule has 0 aliphatic rings. The molecule has 0 spiro atoms. The number of aryl methyl sites for hydroxylation is 1. The average molecular weight is 328 g/mol. The number of amides is 1. The molecule has 1 N–H and O–H groups in total. The third-order valence-corrected chi connectivity index (χ3v) is 3.01. The second kappa shape index (κ2) is 6.06. The molecule has 0 aliphatic carbocycles. The lowest BCUT2D eigenvalue weighted by molar-refractivity contribution is 0.102. The van der Waals surface area contributed by atoms with Crippen molar-refractivity contribution in [2.24, 2.45) is 0 Å². The van der Waals surface area contributed by atoms with Gasteiger partial charge in [0.15, 0.2) is 0 Å². The number of carbonyl (C=O) groups excluding carboxylic acids is 1. The van der Waals surface area contributed by atoms with Crippen molar-refractivity contribution in [1.29, 1.82) is 0 Å². The molecule has 0 saturated carbocycles. The van der Waals surface area contributed by atoms with Gasteiger partial charge in [-0.15, -0.1) is 0 Å². The van der Waals surface area contributed by atoms with Crippen LogP contribution in [0.2, 0.25) is 0 Å². The normalized spacial score (nSPS) is 11.0. The summed E-state index contributed by atoms with van der Waals surface area (Å²) in [7, 11) is -5.10. The smallest absolute Gasteiger partial charge is 0.358 e. The second-order valence-corrected chi connectivity index (χ2v) is 5.23. The number of benzene rings is 1. The minimum Gasteiger partial charge on any atom is -0.358 e. The molecule has 1 aromatic heterocycles. The molecule has 6 nitrogen and oxygen atoms in total. The summed E-state index contributed by atoms with van der Waals surface area (Å²) in [5, 5.41) is 2.48. The van der Waals surface area contributed by atoms with E-state index in [1.807, 2.05) is 0 Å². The Bertz CT molecular complexity index is 807. The standard InChI is InChI=1S/C13H10F2N2O4S/c1-8-7-16-12(14)6-11(8)13(18)17-9-2-4-10(5-3-9)21-22(15,19)20/h2-7H,1H3,(H,17,18). The number of nitrogens with zero attached hydrogens (tertiary/aromatic N) is 1. The Morgan fingerprint density at radius 1 is 1.27 bits per heavy atom. The summed E-state index contributed by atoms with van der Waals surface area (Å²) in [6.07, 6.45) is 1.23. The van der Waals surface area contributed by atoms with E-state index in [1.165, 1.54) is 18.3 Å². The molecule has 116 valence electrons. The maximum Gasteiger partial charge on any atom is 0.488 e. The van der Waals surface area contributed by atoms with Crippen LogP contribution in [-0.4, -0.2) is 19.3 Å². The van der Waals surface area contributed by atoms with Crippen LogP contribution in [0.1, 0.15) is 15.9 Å². The van der Waals surface area contributed by atoms with Crippen molar-refractivity contribution in [3.05, 3.63) is 53.6 Å². The maximum absolute atomic E-state index is 13.1. The number of halogens is 2. The predicted octanol–water partition coefficient (Wildman–Crippen LogP) is 2.37. The molecule has 0 unspecified atom stereocenters. The van der Waals surface area contributed by atoms with Gasteiger partial charge in [-0.3, -0.25) is 4.79 Å². The summed E-state index contributed by atoms with van der Waals surface area (Å²) in [5.41, 5.74) is 0.895. The van der Waals surface area contributed by atoms with Crippen LogP contribution in [0.25, 0.3) is 0 Å². The summed E-state index contributed by atoms with van der Waals surface area (Å²) in [5.74, 6) is -1.59. The Morgan fingerprint density at radius 2 is 1.91 bits per heavy atom. The third-order valence-electron chi connectivity index (χ3n) is 2.62. The van der Waals surface area contributed by atoms with Gasteiger partial charge >= 0.3 is 10.5 Å². The van der Waals surface area contributed by atoms with Gasteiger partial charge in [0.2, 0.25) is 5.95 Å². The zero-order valence-corrected chi connectivity index (χ0v) is 12.0. The molecule has 1 heterocycles. The number of nitrogens with one attached hydrogen (secondary N) is 1. The SMILES string of the molecule is Cc1cnc(F)cc1C(=O)Nc1ccc(OS(=O)(=O)F)cc1. The first kappa shape index (κ1) is 15.8. The number of hydrogen-bond acceptors (Lipinski definition) is 5. The van der Waals surface area contributed by atoms with Crippen LogP contribution < -0.4 is 9.50 Å². The van der Waals surface area contributed by atoms with Crippen LogP contribution in [0.5, 0.6) is 5.75 Å². The Kier molecular flexibility index (Phi) is 4.36. The first-order chi connectivity index (χ1) is 10.2. The summed E-state index contributed by atoms with van der Waals surface area (Å²) in [6.45, 7) is 1.60. The van der Waals surface area contributed by atoms with Gasteiger partial charge in [0, 0.05) is 23.5 Å². The number of hydrogen-bond donors (Lipinski definition) is 1. The molecule has 22 heavy (non-hydrogen) atoms. The minimum atomic E-state index is -5.10. The summed E-state index contributed by atoms with van der Waals surface area (Å²) in [6, 6.07) is 5.94. The minimum absolute atomic E-state index is 0.110. The van der Waals surface area contributed by atoms with Gasteiger partial charge in [-0.1, -0.05) is 3.89 Å². The van der Waals surface area contributed by atoms with E-state index in [9.17, 15) is 21.5 Å². The predicted molar refractivity (Wildman–Crippen MR) is 74.0 cm³/mol. The number of aromatic nitrogens is 1. The molecule has 0 bridgehead atoms. The molecule has 2 rings (SSSR count). The number of pyridine rings is 1. The molecule has 2 aromatic rings. The van der Waals surface area contributed by atoms with Crippen LogP contribution in [0.4, 0.5) is 14.0 Å². The number of carbonyl (C=O) groups is 1. The fraction of sp³-hybridized carbons (Fsp3) is 0.0769. The first-order valence-electron chi connectivity index (χ1n) is 5.92. The molecule has 0 radical (unpaired) electrons. The van der Waals surface area contributed by atoms with Gasteiger partial charge in [-0.05, 0) is 36.8 Å². The summed E-state index contributed by atoms with van der Waals surface area (Å²) >= 11 is 0. The van der Waals surface area contributed by atoms with Gasteiger partial charge in [0.05, 0.1) is 0 Å². The van der Waals surface area contributed by atoms with Crippen molar-refractivity contribution in [3.8, 4) is 5.75 Å². The molecule has 1 aromatic carbocycles. The molecular weight excluding hydrogens is 318 g/mol. The van der Waals surface area contributed by atoms with E-state index in [2.05, 4.69) is 14.5 Å². The fourth-order valence-electron chi connectivity index (χ4n) is 1.65. The third kappa shape index (κ3) is 4.22. The highest BCUT2D eigenvalue weighted by Gasteiger charge is 2.12. The molecular formula is C13H10F2N2O4S. The van der Waals surface area contributed by atoms with Gasteiger partial charge in [0.25, 0.3) is 5.91 Å². The van der Waals surface area contributed by atoms with Gasteiger partial charge in [0.1, 0.15) is 5.75 Å². The lowest BCUT2D eigenvalue weighted by atomic mass is 10.1. The van der Waals surface area contributed by atoms with Crippen LogP contribution in [0.15, 0.2) is 36.5 Å². The van der Waals surface area contributed by atoms with Crippen LogP contribution in [0, 0.1) is 12.9 Å². The Morgan fingerprint density at radius 3 is 2.50 bits per heavy atom. The highest BCUT2D eigenvalue weighted by Crippen LogP contribution is 2.19. The number of rotatable bonds is 4. The lowest BCUT2D eigenvalue weighted by Crippen LogP contribution is -2.14. The molecule has 0 aliphatic heterocycles. The van der Waals surface area contributed by atoms with Crippen molar-refractivity contribution < 1.29 is 25.7 Å². The highest BCUT2D eigenvalue weighted by molar-refractivity contribution is 7.81. The lowest BCUT2D eigenvalue weighted by Gasteiger charge is -2.08. The van der Waals surface area contributed by atoms with E-state index in [-0.39, 0.29) is 11.3 Å². The second-order valence-electron chi connectivity index (χ2n) is 4.28. The van der Waals surface area contributed by atoms with Crippen molar-refractivity contribution in [2.75, 3.05) is 5.32 Å². The first-order valence-corrected chi connectivity index (χ1v) is 7.23.